The Kier molecular flexibility index (Phi) is 4.04. The molecule has 0 saturated carbocycles. The van der Waals surface area contributed by atoms with E-state index in [-0.39, 0.29) is 11.8 Å². The van der Waals surface area contributed by atoms with E-state index in [2.05, 4.69) is 13.0 Å². The van der Waals surface area contributed by atoms with Crippen molar-refractivity contribution < 1.29 is 9.59 Å². The SMILES string of the molecule is CC1CN(C(=O)c2cccc(CN3CCCC3=O)c2)c2ccccc21. The molecule has 4 heteroatoms. The highest BCUT2D eigenvalue weighted by Crippen LogP contribution is 2.36. The van der Waals surface area contributed by atoms with Crippen LogP contribution in [0.4, 0.5) is 5.69 Å². The first-order valence-corrected chi connectivity index (χ1v) is 8.91. The summed E-state index contributed by atoms with van der Waals surface area (Å²) in [4.78, 5) is 28.6. The van der Waals surface area contributed by atoms with Crippen LogP contribution in [0.1, 0.15) is 47.2 Å². The Hall–Kier alpha value is -2.62. The van der Waals surface area contributed by atoms with Crippen LogP contribution in [0.2, 0.25) is 0 Å². The molecule has 0 spiro atoms. The molecule has 1 unspecified atom stereocenters. The summed E-state index contributed by atoms with van der Waals surface area (Å²) in [5, 5.41) is 0. The standard InChI is InChI=1S/C21H22N2O2/c1-15-13-23(19-9-3-2-8-18(15)19)21(25)17-7-4-6-16(12-17)14-22-11-5-10-20(22)24/h2-4,6-9,12,15H,5,10-11,13-14H2,1H3. The Labute approximate surface area is 148 Å². The third kappa shape index (κ3) is 2.93. The lowest BCUT2D eigenvalue weighted by molar-refractivity contribution is -0.128. The summed E-state index contributed by atoms with van der Waals surface area (Å²) in [5.74, 6) is 0.593. The molecule has 0 aromatic heterocycles. The van der Waals surface area contributed by atoms with Gasteiger partial charge in [0.2, 0.25) is 5.91 Å². The van der Waals surface area contributed by atoms with Gasteiger partial charge in [-0.25, -0.2) is 0 Å². The second-order valence-electron chi connectivity index (χ2n) is 6.99. The van der Waals surface area contributed by atoms with Crippen LogP contribution in [-0.4, -0.2) is 29.8 Å². The molecule has 4 rings (SSSR count). The predicted octanol–water partition coefficient (Wildman–Crippen LogP) is 3.57. The van der Waals surface area contributed by atoms with Crippen molar-refractivity contribution in [1.82, 2.24) is 4.90 Å². The first kappa shape index (κ1) is 15.9. The number of benzene rings is 2. The van der Waals surface area contributed by atoms with Crippen LogP contribution in [0.15, 0.2) is 48.5 Å². The highest BCUT2D eigenvalue weighted by atomic mass is 16.2. The van der Waals surface area contributed by atoms with Crippen LogP contribution >= 0.6 is 0 Å². The zero-order chi connectivity index (χ0) is 17.4. The first-order valence-electron chi connectivity index (χ1n) is 8.91. The number of anilines is 1. The molecule has 128 valence electrons. The molecule has 25 heavy (non-hydrogen) atoms. The van der Waals surface area contributed by atoms with Gasteiger partial charge in [0, 0.05) is 43.2 Å². The molecule has 2 aromatic rings. The van der Waals surface area contributed by atoms with Crippen molar-refractivity contribution in [2.75, 3.05) is 18.0 Å². The van der Waals surface area contributed by atoms with Gasteiger partial charge in [0.15, 0.2) is 0 Å². The third-order valence-corrected chi connectivity index (χ3v) is 5.18. The van der Waals surface area contributed by atoms with Gasteiger partial charge in [-0.15, -0.1) is 0 Å². The number of likely N-dealkylation sites (tertiary alicyclic amines) is 1. The summed E-state index contributed by atoms with van der Waals surface area (Å²) in [6.45, 7) is 4.27. The number of rotatable bonds is 3. The van der Waals surface area contributed by atoms with E-state index in [1.807, 2.05) is 52.3 Å². The molecule has 2 heterocycles. The average Bonchev–Trinajstić information content (AvgIpc) is 3.19. The smallest absolute Gasteiger partial charge is 0.258 e. The second kappa shape index (κ2) is 6.36. The summed E-state index contributed by atoms with van der Waals surface area (Å²) in [6, 6.07) is 15.8. The molecule has 4 nitrogen and oxygen atoms in total. The Morgan fingerprint density at radius 2 is 2.00 bits per heavy atom. The monoisotopic (exact) mass is 334 g/mol. The number of carbonyl (C=O) groups is 2. The van der Waals surface area contributed by atoms with Gasteiger partial charge in [-0.3, -0.25) is 9.59 Å². The molecule has 0 aliphatic carbocycles. The van der Waals surface area contributed by atoms with Crippen molar-refractivity contribution in [3.8, 4) is 0 Å². The maximum atomic E-state index is 13.1. The van der Waals surface area contributed by atoms with E-state index >= 15 is 0 Å². The van der Waals surface area contributed by atoms with E-state index in [1.165, 1.54) is 5.56 Å². The number of carbonyl (C=O) groups excluding carboxylic acids is 2. The molecule has 1 saturated heterocycles. The molecule has 1 atom stereocenters. The zero-order valence-corrected chi connectivity index (χ0v) is 14.4. The highest BCUT2D eigenvalue weighted by Gasteiger charge is 2.30. The van der Waals surface area contributed by atoms with Crippen molar-refractivity contribution in [1.29, 1.82) is 0 Å². The number of fused-ring (bicyclic) bond motifs is 1. The molecule has 0 bridgehead atoms. The molecular weight excluding hydrogens is 312 g/mol. The normalized spacial score (nSPS) is 19.4. The minimum Gasteiger partial charge on any atom is -0.338 e. The minimum absolute atomic E-state index is 0.0337. The summed E-state index contributed by atoms with van der Waals surface area (Å²) in [7, 11) is 0. The lowest BCUT2D eigenvalue weighted by atomic mass is 10.0. The second-order valence-corrected chi connectivity index (χ2v) is 6.99. The van der Waals surface area contributed by atoms with E-state index < -0.39 is 0 Å². The number of hydrogen-bond acceptors (Lipinski definition) is 2. The Balaban J connectivity index is 1.57. The number of amides is 2. The van der Waals surface area contributed by atoms with E-state index in [9.17, 15) is 9.59 Å². The fraction of sp³-hybridized carbons (Fsp3) is 0.333. The zero-order valence-electron chi connectivity index (χ0n) is 14.4. The topological polar surface area (TPSA) is 40.6 Å². The Morgan fingerprint density at radius 3 is 2.80 bits per heavy atom. The van der Waals surface area contributed by atoms with E-state index in [0.717, 1.165) is 24.2 Å². The van der Waals surface area contributed by atoms with Crippen molar-refractivity contribution in [2.24, 2.45) is 0 Å². The minimum atomic E-state index is 0.0337. The molecule has 1 fully saturated rings. The highest BCUT2D eigenvalue weighted by molar-refractivity contribution is 6.07. The van der Waals surface area contributed by atoms with E-state index in [0.29, 0.717) is 31.0 Å². The van der Waals surface area contributed by atoms with Gasteiger partial charge < -0.3 is 9.80 Å². The first-order chi connectivity index (χ1) is 12.1. The van der Waals surface area contributed by atoms with Gasteiger partial charge in [-0.2, -0.15) is 0 Å². The van der Waals surface area contributed by atoms with Crippen LogP contribution < -0.4 is 4.90 Å². The molecule has 2 aliphatic heterocycles. The van der Waals surface area contributed by atoms with Gasteiger partial charge >= 0.3 is 0 Å². The molecule has 2 aromatic carbocycles. The fourth-order valence-electron chi connectivity index (χ4n) is 3.86. The van der Waals surface area contributed by atoms with Crippen molar-refractivity contribution >= 4 is 17.5 Å². The maximum Gasteiger partial charge on any atom is 0.258 e. The maximum absolute atomic E-state index is 13.1. The number of hydrogen-bond donors (Lipinski definition) is 0. The lowest BCUT2D eigenvalue weighted by Crippen LogP contribution is -2.29. The molecule has 2 aliphatic rings. The molecular formula is C21H22N2O2. The van der Waals surface area contributed by atoms with Crippen LogP contribution in [0.3, 0.4) is 0 Å². The lowest BCUT2D eigenvalue weighted by Gasteiger charge is -2.19. The van der Waals surface area contributed by atoms with Crippen molar-refractivity contribution in [3.05, 3.63) is 65.2 Å². The average molecular weight is 334 g/mol. The molecule has 0 N–H and O–H groups in total. The van der Waals surface area contributed by atoms with Crippen LogP contribution in [-0.2, 0) is 11.3 Å². The third-order valence-electron chi connectivity index (χ3n) is 5.18. The van der Waals surface area contributed by atoms with Gasteiger partial charge in [0.1, 0.15) is 0 Å². The molecule has 2 amide bonds. The summed E-state index contributed by atoms with van der Waals surface area (Å²) >= 11 is 0. The van der Waals surface area contributed by atoms with Gasteiger partial charge in [0.25, 0.3) is 5.91 Å². The van der Waals surface area contributed by atoms with Gasteiger partial charge in [-0.1, -0.05) is 37.3 Å². The summed E-state index contributed by atoms with van der Waals surface area (Å²) in [6.07, 6.45) is 1.57. The van der Waals surface area contributed by atoms with Gasteiger partial charge in [0.05, 0.1) is 0 Å². The van der Waals surface area contributed by atoms with Crippen LogP contribution in [0, 0.1) is 0 Å². The largest absolute Gasteiger partial charge is 0.338 e. The predicted molar refractivity (Wildman–Crippen MR) is 97.6 cm³/mol. The number of para-hydroxylation sites is 1. The van der Waals surface area contributed by atoms with Crippen molar-refractivity contribution in [2.45, 2.75) is 32.2 Å². The van der Waals surface area contributed by atoms with Crippen LogP contribution in [0.25, 0.3) is 0 Å². The molecule has 0 radical (unpaired) electrons. The fourth-order valence-corrected chi connectivity index (χ4v) is 3.86. The van der Waals surface area contributed by atoms with E-state index in [4.69, 9.17) is 0 Å². The van der Waals surface area contributed by atoms with Crippen molar-refractivity contribution in [3.63, 3.8) is 0 Å². The quantitative estimate of drug-likeness (QED) is 0.861. The van der Waals surface area contributed by atoms with Gasteiger partial charge in [-0.05, 0) is 35.7 Å². The van der Waals surface area contributed by atoms with E-state index in [1.54, 1.807) is 0 Å². The Bertz CT molecular complexity index is 830. The summed E-state index contributed by atoms with van der Waals surface area (Å²) in [5.41, 5.74) is 3.95. The van der Waals surface area contributed by atoms with Crippen LogP contribution in [0.5, 0.6) is 0 Å². The summed E-state index contributed by atoms with van der Waals surface area (Å²) < 4.78 is 0. The Morgan fingerprint density at radius 1 is 1.16 bits per heavy atom. The number of nitrogens with zero attached hydrogens (tertiary/aromatic N) is 2.